The van der Waals surface area contributed by atoms with Crippen molar-refractivity contribution in [1.29, 1.82) is 0 Å². The predicted molar refractivity (Wildman–Crippen MR) is 52.7 cm³/mol. The van der Waals surface area contributed by atoms with E-state index >= 15 is 0 Å². The first-order chi connectivity index (χ1) is 5.52. The van der Waals surface area contributed by atoms with Gasteiger partial charge in [-0.3, -0.25) is 4.79 Å². The largest absolute Gasteiger partial charge is 0.370 e. The molecule has 1 aromatic heterocycles. The number of hydrogen-bond donors (Lipinski definition) is 2. The van der Waals surface area contributed by atoms with Gasteiger partial charge in [0, 0.05) is 23.7 Å². The average molecular weight is 204 g/mol. The molecule has 1 rings (SSSR count). The van der Waals surface area contributed by atoms with Crippen molar-refractivity contribution < 1.29 is 4.79 Å². The number of primary amides is 1. The maximum atomic E-state index is 10.7. The van der Waals surface area contributed by atoms with Gasteiger partial charge in [-0.05, 0) is 0 Å². The van der Waals surface area contributed by atoms with Crippen LogP contribution in [0.4, 0.5) is 0 Å². The summed E-state index contributed by atoms with van der Waals surface area (Å²) in [6.45, 7) is 3.90. The zero-order valence-electron chi connectivity index (χ0n) is 7.70. The van der Waals surface area contributed by atoms with Crippen LogP contribution in [0.25, 0.3) is 0 Å². The van der Waals surface area contributed by atoms with Crippen molar-refractivity contribution in [3.05, 3.63) is 18.2 Å². The lowest BCUT2D eigenvalue weighted by Gasteiger charge is -2.20. The van der Waals surface area contributed by atoms with Gasteiger partial charge in [0.05, 0.1) is 6.33 Å². The number of aromatic nitrogens is 2. The minimum atomic E-state index is -0.297. The van der Waals surface area contributed by atoms with Crippen molar-refractivity contribution in [2.24, 2.45) is 5.73 Å². The summed E-state index contributed by atoms with van der Waals surface area (Å²) in [7, 11) is 0. The number of H-pyrrole nitrogens is 1. The number of hydrogen-bond acceptors (Lipinski definition) is 2. The summed E-state index contributed by atoms with van der Waals surface area (Å²) in [6, 6.07) is 0. The minimum absolute atomic E-state index is 0. The number of carbonyl (C=O) groups is 1. The Morgan fingerprint density at radius 3 is 2.69 bits per heavy atom. The molecule has 0 unspecified atom stereocenters. The molecule has 0 aliphatic rings. The van der Waals surface area contributed by atoms with Gasteiger partial charge in [-0.2, -0.15) is 0 Å². The van der Waals surface area contributed by atoms with Crippen LogP contribution in [0.2, 0.25) is 0 Å². The Kier molecular flexibility index (Phi) is 3.94. The van der Waals surface area contributed by atoms with E-state index in [-0.39, 0.29) is 23.7 Å². The Hall–Kier alpha value is -1.03. The van der Waals surface area contributed by atoms with Gasteiger partial charge in [0.15, 0.2) is 0 Å². The molecule has 0 aliphatic carbocycles. The van der Waals surface area contributed by atoms with Crippen LogP contribution in [-0.4, -0.2) is 15.9 Å². The van der Waals surface area contributed by atoms with Crippen molar-refractivity contribution >= 4 is 18.3 Å². The summed E-state index contributed by atoms with van der Waals surface area (Å²) in [5.41, 5.74) is 5.80. The predicted octanol–water partition coefficient (Wildman–Crippen LogP) is 0.984. The van der Waals surface area contributed by atoms with E-state index in [1.807, 2.05) is 13.8 Å². The maximum Gasteiger partial charge on any atom is 0.218 e. The molecule has 4 nitrogen and oxygen atoms in total. The molecule has 0 aliphatic heterocycles. The Labute approximate surface area is 83.3 Å². The van der Waals surface area contributed by atoms with Crippen LogP contribution >= 0.6 is 12.4 Å². The molecule has 0 atom stereocenters. The van der Waals surface area contributed by atoms with Gasteiger partial charge in [-0.15, -0.1) is 12.4 Å². The summed E-state index contributed by atoms with van der Waals surface area (Å²) in [5, 5.41) is 0. The smallest absolute Gasteiger partial charge is 0.218 e. The highest BCUT2D eigenvalue weighted by molar-refractivity contribution is 5.85. The van der Waals surface area contributed by atoms with E-state index in [9.17, 15) is 4.79 Å². The summed E-state index contributed by atoms with van der Waals surface area (Å²) in [5.74, 6) is -0.297. The van der Waals surface area contributed by atoms with Crippen molar-refractivity contribution in [2.45, 2.75) is 25.7 Å². The first-order valence-electron chi connectivity index (χ1n) is 3.79. The first kappa shape index (κ1) is 12.0. The van der Waals surface area contributed by atoms with Crippen molar-refractivity contribution in [2.75, 3.05) is 0 Å². The van der Waals surface area contributed by atoms with Gasteiger partial charge in [-0.1, -0.05) is 13.8 Å². The highest BCUT2D eigenvalue weighted by Crippen LogP contribution is 2.23. The van der Waals surface area contributed by atoms with Gasteiger partial charge in [0.1, 0.15) is 0 Å². The van der Waals surface area contributed by atoms with Crippen molar-refractivity contribution in [3.63, 3.8) is 0 Å². The highest BCUT2D eigenvalue weighted by Gasteiger charge is 2.24. The molecule has 3 N–H and O–H groups in total. The third-order valence-electron chi connectivity index (χ3n) is 1.84. The van der Waals surface area contributed by atoms with Gasteiger partial charge in [-0.25, -0.2) is 4.98 Å². The van der Waals surface area contributed by atoms with Gasteiger partial charge >= 0.3 is 0 Å². The molecule has 0 spiro atoms. The molecule has 0 bridgehead atoms. The van der Waals surface area contributed by atoms with E-state index in [0.29, 0.717) is 6.42 Å². The third kappa shape index (κ3) is 3.06. The maximum absolute atomic E-state index is 10.7. The first-order valence-corrected chi connectivity index (χ1v) is 3.79. The molecule has 0 saturated heterocycles. The topological polar surface area (TPSA) is 71.8 Å². The second-order valence-electron chi connectivity index (χ2n) is 3.49. The lowest BCUT2D eigenvalue weighted by molar-refractivity contribution is -0.119. The van der Waals surface area contributed by atoms with Crippen LogP contribution in [0.15, 0.2) is 12.5 Å². The molecule has 0 aromatic carbocycles. The van der Waals surface area contributed by atoms with E-state index < -0.39 is 0 Å². The van der Waals surface area contributed by atoms with Crippen LogP contribution in [0.5, 0.6) is 0 Å². The molecular formula is C8H14ClN3O. The standard InChI is InChI=1S/C8H13N3O.ClH/c1-8(2,3-7(9)12)6-4-10-5-11-6;/h4-5H,3H2,1-2H3,(H2,9,12)(H,10,11);1H. The number of carbonyl (C=O) groups excluding carboxylic acids is 1. The van der Waals surface area contributed by atoms with Gasteiger partial charge < -0.3 is 10.7 Å². The van der Waals surface area contributed by atoms with Crippen LogP contribution in [0.1, 0.15) is 26.0 Å². The van der Waals surface area contributed by atoms with Crippen LogP contribution in [0.3, 0.4) is 0 Å². The van der Waals surface area contributed by atoms with Crippen molar-refractivity contribution in [3.8, 4) is 0 Å². The summed E-state index contributed by atoms with van der Waals surface area (Å²) < 4.78 is 0. The number of nitrogens with two attached hydrogens (primary N) is 1. The zero-order valence-corrected chi connectivity index (χ0v) is 8.52. The van der Waals surface area contributed by atoms with Gasteiger partial charge in [0.25, 0.3) is 0 Å². The molecule has 1 aromatic rings. The van der Waals surface area contributed by atoms with Crippen LogP contribution in [-0.2, 0) is 10.2 Å². The fraction of sp³-hybridized carbons (Fsp3) is 0.500. The monoisotopic (exact) mass is 203 g/mol. The minimum Gasteiger partial charge on any atom is -0.370 e. The van der Waals surface area contributed by atoms with E-state index in [2.05, 4.69) is 9.97 Å². The molecule has 1 heterocycles. The summed E-state index contributed by atoms with van der Waals surface area (Å²) in [4.78, 5) is 17.6. The Morgan fingerprint density at radius 1 is 1.69 bits per heavy atom. The molecular weight excluding hydrogens is 190 g/mol. The molecule has 0 saturated carbocycles. The summed E-state index contributed by atoms with van der Waals surface area (Å²) >= 11 is 0. The van der Waals surface area contributed by atoms with E-state index in [1.165, 1.54) is 0 Å². The number of halogens is 1. The lowest BCUT2D eigenvalue weighted by atomic mass is 9.86. The second-order valence-corrected chi connectivity index (χ2v) is 3.49. The molecule has 5 heteroatoms. The summed E-state index contributed by atoms with van der Waals surface area (Å²) in [6.07, 6.45) is 3.64. The molecule has 0 fully saturated rings. The zero-order chi connectivity index (χ0) is 9.19. The lowest BCUT2D eigenvalue weighted by Crippen LogP contribution is -2.26. The Balaban J connectivity index is 0.00000144. The Bertz CT molecular complexity index is 269. The third-order valence-corrected chi connectivity index (χ3v) is 1.84. The highest BCUT2D eigenvalue weighted by atomic mass is 35.5. The number of nitrogens with zero attached hydrogens (tertiary/aromatic N) is 1. The number of amides is 1. The molecule has 0 radical (unpaired) electrons. The van der Waals surface area contributed by atoms with Crippen LogP contribution in [0, 0.1) is 0 Å². The quantitative estimate of drug-likeness (QED) is 0.769. The number of imidazole rings is 1. The fourth-order valence-electron chi connectivity index (χ4n) is 1.16. The van der Waals surface area contributed by atoms with E-state index in [4.69, 9.17) is 5.73 Å². The Morgan fingerprint density at radius 2 is 2.31 bits per heavy atom. The van der Waals surface area contributed by atoms with E-state index in [0.717, 1.165) is 5.69 Å². The number of nitrogens with one attached hydrogen (secondary N) is 1. The second kappa shape index (κ2) is 4.28. The number of aromatic amines is 1. The SMILES string of the molecule is CC(C)(CC(N)=O)c1cnc[nH]1.Cl. The van der Waals surface area contributed by atoms with Gasteiger partial charge in [0.2, 0.25) is 5.91 Å². The average Bonchev–Trinajstić information content (AvgIpc) is 2.32. The fourth-order valence-corrected chi connectivity index (χ4v) is 1.16. The van der Waals surface area contributed by atoms with Crippen molar-refractivity contribution in [1.82, 2.24) is 9.97 Å². The van der Waals surface area contributed by atoms with E-state index in [1.54, 1.807) is 12.5 Å². The normalized spacial score (nSPS) is 10.6. The molecule has 13 heavy (non-hydrogen) atoms. The molecule has 1 amide bonds. The molecule has 74 valence electrons. The number of rotatable bonds is 3. The van der Waals surface area contributed by atoms with Crippen LogP contribution < -0.4 is 5.73 Å².